The topological polar surface area (TPSA) is 82.5 Å². The van der Waals surface area contributed by atoms with Gasteiger partial charge < -0.3 is 20.3 Å². The lowest BCUT2D eigenvalue weighted by atomic mass is 10.0. The van der Waals surface area contributed by atoms with Gasteiger partial charge in [-0.2, -0.15) is 0 Å². The number of nitrogens with zero attached hydrogens (tertiary/aromatic N) is 2. The number of hydrogen-bond acceptors (Lipinski definition) is 5. The number of aliphatic hydroxyl groups excluding tert-OH is 1. The highest BCUT2D eigenvalue weighted by Crippen LogP contribution is 2.33. The number of fused-ring (bicyclic) bond motifs is 1. The van der Waals surface area contributed by atoms with Crippen LogP contribution in [0.3, 0.4) is 0 Å². The van der Waals surface area contributed by atoms with Crippen LogP contribution in [0.2, 0.25) is 0 Å². The van der Waals surface area contributed by atoms with E-state index in [-0.39, 0.29) is 19.4 Å². The fourth-order valence-electron chi connectivity index (χ4n) is 3.51. The largest absolute Gasteiger partial charge is 0.462 e. The van der Waals surface area contributed by atoms with Crippen molar-refractivity contribution in [3.8, 4) is 0 Å². The highest BCUT2D eigenvalue weighted by molar-refractivity contribution is 5.79. The number of ether oxygens (including phenoxy) is 2. The van der Waals surface area contributed by atoms with Gasteiger partial charge in [-0.05, 0) is 36.1 Å². The Morgan fingerprint density at radius 2 is 2.00 bits per heavy atom. The van der Waals surface area contributed by atoms with Crippen LogP contribution in [0, 0.1) is 0 Å². The van der Waals surface area contributed by atoms with E-state index >= 15 is 0 Å². The van der Waals surface area contributed by atoms with Crippen molar-refractivity contribution in [2.45, 2.75) is 25.3 Å². The summed E-state index contributed by atoms with van der Waals surface area (Å²) < 4.78 is 13.0. The van der Waals surface area contributed by atoms with E-state index in [0.717, 1.165) is 41.6 Å². The first-order chi connectivity index (χ1) is 13.3. The zero-order chi connectivity index (χ0) is 18.6. The highest BCUT2D eigenvalue weighted by Gasteiger charge is 2.26. The molecular weight excluding hydrogens is 342 g/mol. The number of benzene rings is 2. The Morgan fingerprint density at radius 1 is 1.15 bits per heavy atom. The Morgan fingerprint density at radius 3 is 2.74 bits per heavy atom. The van der Waals surface area contributed by atoms with Gasteiger partial charge in [-0.3, -0.25) is 4.57 Å². The second-order valence-electron chi connectivity index (χ2n) is 6.64. The number of rotatable bonds is 7. The first-order valence-electron chi connectivity index (χ1n) is 9.12. The van der Waals surface area contributed by atoms with Gasteiger partial charge in [0.05, 0.1) is 11.0 Å². The van der Waals surface area contributed by atoms with E-state index in [2.05, 4.69) is 23.2 Å². The van der Waals surface area contributed by atoms with Crippen LogP contribution >= 0.6 is 0 Å². The third kappa shape index (κ3) is 3.61. The Bertz CT molecular complexity index is 950. The number of anilines is 1. The molecule has 0 saturated carbocycles. The van der Waals surface area contributed by atoms with E-state index in [4.69, 9.17) is 20.3 Å². The minimum Gasteiger partial charge on any atom is -0.462 e. The standard InChI is InChI=1S/C21H23N3O3/c22-21-23-17-11-16(7-4-10-25)8-9-18(17)24(21)19(20-13-26-14-27-20)12-15-5-2-1-3-6-15/h1-3,5-6,8-9,11,13,19,25H,4,7,10,12,14H2,(H2,22,23). The van der Waals surface area contributed by atoms with Gasteiger partial charge in [0.2, 0.25) is 12.7 Å². The van der Waals surface area contributed by atoms with Crippen LogP contribution < -0.4 is 5.73 Å². The van der Waals surface area contributed by atoms with E-state index in [1.165, 1.54) is 5.56 Å². The summed E-state index contributed by atoms with van der Waals surface area (Å²) >= 11 is 0. The lowest BCUT2D eigenvalue weighted by Crippen LogP contribution is -2.17. The zero-order valence-electron chi connectivity index (χ0n) is 15.0. The van der Waals surface area contributed by atoms with Crippen molar-refractivity contribution in [1.29, 1.82) is 0 Å². The molecule has 1 aliphatic heterocycles. The monoisotopic (exact) mass is 365 g/mol. The molecule has 3 N–H and O–H groups in total. The molecule has 140 valence electrons. The second kappa shape index (κ2) is 7.72. The van der Waals surface area contributed by atoms with Gasteiger partial charge in [0.25, 0.3) is 0 Å². The van der Waals surface area contributed by atoms with Crippen LogP contribution in [0.15, 0.2) is 60.6 Å². The third-order valence-electron chi connectivity index (χ3n) is 4.81. The van der Waals surface area contributed by atoms with Crippen LogP contribution in [0.4, 0.5) is 5.95 Å². The molecule has 6 heteroatoms. The molecule has 1 aliphatic rings. The molecule has 0 radical (unpaired) electrons. The predicted octanol–water partition coefficient (Wildman–Crippen LogP) is 3.17. The van der Waals surface area contributed by atoms with Crippen LogP contribution in [0.1, 0.15) is 23.6 Å². The Kier molecular flexibility index (Phi) is 4.98. The van der Waals surface area contributed by atoms with Crippen LogP contribution in [-0.2, 0) is 22.3 Å². The van der Waals surface area contributed by atoms with Crippen LogP contribution in [0.5, 0.6) is 0 Å². The summed E-state index contributed by atoms with van der Waals surface area (Å²) in [5.74, 6) is 1.19. The first-order valence-corrected chi connectivity index (χ1v) is 9.12. The number of allylic oxidation sites excluding steroid dienone is 1. The van der Waals surface area contributed by atoms with Gasteiger partial charge in [0.15, 0.2) is 5.76 Å². The highest BCUT2D eigenvalue weighted by atomic mass is 16.7. The number of hydrogen-bond donors (Lipinski definition) is 2. The minimum atomic E-state index is -0.136. The van der Waals surface area contributed by atoms with E-state index in [9.17, 15) is 0 Å². The van der Waals surface area contributed by atoms with Gasteiger partial charge in [0, 0.05) is 13.0 Å². The summed E-state index contributed by atoms with van der Waals surface area (Å²) in [7, 11) is 0. The van der Waals surface area contributed by atoms with Gasteiger partial charge >= 0.3 is 0 Å². The van der Waals surface area contributed by atoms with Gasteiger partial charge in [0.1, 0.15) is 12.3 Å². The summed E-state index contributed by atoms with van der Waals surface area (Å²) in [6.07, 6.45) is 3.93. The van der Waals surface area contributed by atoms with Crippen molar-refractivity contribution in [1.82, 2.24) is 9.55 Å². The number of nitrogen functional groups attached to an aromatic ring is 1. The molecule has 1 aromatic heterocycles. The third-order valence-corrected chi connectivity index (χ3v) is 4.81. The summed E-state index contributed by atoms with van der Waals surface area (Å²) in [4.78, 5) is 4.57. The molecule has 0 fully saturated rings. The van der Waals surface area contributed by atoms with Gasteiger partial charge in [-0.1, -0.05) is 36.4 Å². The number of nitrogens with two attached hydrogens (primary N) is 1. The zero-order valence-corrected chi connectivity index (χ0v) is 15.0. The first kappa shape index (κ1) is 17.4. The maximum absolute atomic E-state index is 9.05. The Labute approximate surface area is 157 Å². The molecular formula is C21H23N3O3. The molecule has 3 aromatic rings. The van der Waals surface area contributed by atoms with E-state index in [1.54, 1.807) is 6.26 Å². The van der Waals surface area contributed by atoms with Crippen LogP contribution in [-0.4, -0.2) is 28.1 Å². The molecule has 6 nitrogen and oxygen atoms in total. The number of aliphatic hydroxyl groups is 1. The molecule has 0 saturated heterocycles. The maximum Gasteiger partial charge on any atom is 0.229 e. The molecule has 2 aromatic carbocycles. The number of aromatic nitrogens is 2. The van der Waals surface area contributed by atoms with Crippen molar-refractivity contribution in [2.24, 2.45) is 0 Å². The van der Waals surface area contributed by atoms with Gasteiger partial charge in [-0.15, -0.1) is 0 Å². The molecule has 0 amide bonds. The van der Waals surface area contributed by atoms with Crippen molar-refractivity contribution < 1.29 is 14.6 Å². The molecule has 1 unspecified atom stereocenters. The SMILES string of the molecule is Nc1nc2cc(CCCO)ccc2n1C(Cc1ccccc1)C1=COCO1. The van der Waals surface area contributed by atoms with Crippen molar-refractivity contribution in [3.63, 3.8) is 0 Å². The molecule has 4 rings (SSSR count). The minimum absolute atomic E-state index is 0.136. The van der Waals surface area contributed by atoms with Crippen molar-refractivity contribution in [2.75, 3.05) is 19.1 Å². The predicted molar refractivity (Wildman–Crippen MR) is 104 cm³/mol. The summed E-state index contributed by atoms with van der Waals surface area (Å²) in [5, 5.41) is 9.05. The van der Waals surface area contributed by atoms with Crippen LogP contribution in [0.25, 0.3) is 11.0 Å². The fourth-order valence-corrected chi connectivity index (χ4v) is 3.51. The quantitative estimate of drug-likeness (QED) is 0.672. The molecule has 2 heterocycles. The molecule has 1 atom stereocenters. The molecule has 0 bridgehead atoms. The lowest BCUT2D eigenvalue weighted by molar-refractivity contribution is 0.0716. The van der Waals surface area contributed by atoms with E-state index < -0.39 is 0 Å². The average Bonchev–Trinajstić information content (AvgIpc) is 3.32. The average molecular weight is 365 g/mol. The smallest absolute Gasteiger partial charge is 0.229 e. The van der Waals surface area contributed by atoms with Crippen molar-refractivity contribution in [3.05, 3.63) is 71.7 Å². The van der Waals surface area contributed by atoms with E-state index in [1.807, 2.05) is 34.9 Å². The molecule has 0 spiro atoms. The Hall–Kier alpha value is -2.99. The second-order valence-corrected chi connectivity index (χ2v) is 6.64. The summed E-state index contributed by atoms with van der Waals surface area (Å²) in [6, 6.07) is 16.2. The molecule has 27 heavy (non-hydrogen) atoms. The van der Waals surface area contributed by atoms with Gasteiger partial charge in [-0.25, -0.2) is 4.98 Å². The summed E-state index contributed by atoms with van der Waals surface area (Å²) in [5.41, 5.74) is 10.4. The normalized spacial score (nSPS) is 14.6. The number of aryl methyl sites for hydroxylation is 1. The Balaban J connectivity index is 1.74. The maximum atomic E-state index is 9.05. The summed E-state index contributed by atoms with van der Waals surface area (Å²) in [6.45, 7) is 0.401. The fraction of sp³-hybridized carbons (Fsp3) is 0.286. The van der Waals surface area contributed by atoms with Crippen molar-refractivity contribution >= 4 is 17.0 Å². The molecule has 0 aliphatic carbocycles. The lowest BCUT2D eigenvalue weighted by Gasteiger charge is -2.21. The number of imidazole rings is 1. The van der Waals surface area contributed by atoms with E-state index in [0.29, 0.717) is 5.95 Å².